The molecule has 2 aliphatic rings. The molecule has 0 amide bonds. The van der Waals surface area contributed by atoms with Gasteiger partial charge in [-0.25, -0.2) is 0 Å². The summed E-state index contributed by atoms with van der Waals surface area (Å²) in [5, 5.41) is 4.08. The highest BCUT2D eigenvalue weighted by Crippen LogP contribution is 2.32. The first-order chi connectivity index (χ1) is 14.3. The maximum atomic E-state index is 4.08. The highest BCUT2D eigenvalue weighted by atomic mass is 15.0. The molecule has 1 N–H and O–H groups in total. The summed E-state index contributed by atoms with van der Waals surface area (Å²) in [5.74, 6) is 2.10. The van der Waals surface area contributed by atoms with Crippen LogP contribution in [0.2, 0.25) is 0 Å². The van der Waals surface area contributed by atoms with Crippen LogP contribution in [0.4, 0.5) is 0 Å². The van der Waals surface area contributed by atoms with E-state index in [-0.39, 0.29) is 0 Å². The van der Waals surface area contributed by atoms with E-state index < -0.39 is 0 Å². The molecular formula is C28H55N. The molecule has 0 atom stereocenters. The quantitative estimate of drug-likeness (QED) is 0.252. The van der Waals surface area contributed by atoms with Crippen LogP contribution in [0.1, 0.15) is 155 Å². The fraction of sp³-hybridized carbons (Fsp3) is 1.00. The van der Waals surface area contributed by atoms with E-state index in [0.717, 1.165) is 23.9 Å². The Balaban J connectivity index is 1.44. The molecule has 172 valence electrons. The van der Waals surface area contributed by atoms with Crippen molar-refractivity contribution in [2.45, 2.75) is 167 Å². The summed E-state index contributed by atoms with van der Waals surface area (Å²) < 4.78 is 0. The first-order valence-corrected chi connectivity index (χ1v) is 14.1. The summed E-state index contributed by atoms with van der Waals surface area (Å²) in [6.45, 7) is 4.63. The molecule has 0 aromatic carbocycles. The summed E-state index contributed by atoms with van der Waals surface area (Å²) >= 11 is 0. The second-order valence-electron chi connectivity index (χ2n) is 10.7. The minimum Gasteiger partial charge on any atom is -0.311 e. The number of hydrogen-bond donors (Lipinski definition) is 1. The zero-order valence-electron chi connectivity index (χ0n) is 20.4. The average molecular weight is 406 g/mol. The molecule has 0 aromatic rings. The van der Waals surface area contributed by atoms with Crippen molar-refractivity contribution in [3.8, 4) is 0 Å². The SMILES string of the molecule is CCCCCCCCC1CCC(NC2CCC(CCCCCCCC)CC2)CC1. The molecule has 2 fully saturated rings. The van der Waals surface area contributed by atoms with Crippen LogP contribution in [0.3, 0.4) is 0 Å². The second kappa shape index (κ2) is 16.6. The van der Waals surface area contributed by atoms with Gasteiger partial charge in [0.1, 0.15) is 0 Å². The van der Waals surface area contributed by atoms with Crippen LogP contribution in [-0.4, -0.2) is 12.1 Å². The molecule has 0 saturated heterocycles. The standard InChI is InChI=1S/C28H55N/c1-3-5-7-9-11-13-15-25-17-21-27(22-18-25)29-28-23-19-26(20-24-28)16-14-12-10-8-6-4-2/h25-29H,3-24H2,1-2H3. The van der Waals surface area contributed by atoms with Crippen molar-refractivity contribution in [2.24, 2.45) is 11.8 Å². The summed E-state index contributed by atoms with van der Waals surface area (Å²) in [6.07, 6.45) is 32.3. The summed E-state index contributed by atoms with van der Waals surface area (Å²) in [5.41, 5.74) is 0. The topological polar surface area (TPSA) is 12.0 Å². The lowest BCUT2D eigenvalue weighted by Crippen LogP contribution is -2.42. The van der Waals surface area contributed by atoms with Gasteiger partial charge in [-0.1, -0.05) is 104 Å². The first kappa shape index (κ1) is 25.2. The maximum Gasteiger partial charge on any atom is 0.00698 e. The van der Waals surface area contributed by atoms with Gasteiger partial charge in [-0.3, -0.25) is 0 Å². The van der Waals surface area contributed by atoms with E-state index in [9.17, 15) is 0 Å². The van der Waals surface area contributed by atoms with Gasteiger partial charge < -0.3 is 5.32 Å². The zero-order chi connectivity index (χ0) is 20.6. The minimum atomic E-state index is 0.843. The Bertz CT molecular complexity index is 315. The van der Waals surface area contributed by atoms with Gasteiger partial charge in [0.05, 0.1) is 0 Å². The fourth-order valence-corrected chi connectivity index (χ4v) is 6.00. The second-order valence-corrected chi connectivity index (χ2v) is 10.7. The minimum absolute atomic E-state index is 0.843. The lowest BCUT2D eigenvalue weighted by molar-refractivity contribution is 0.218. The Morgan fingerprint density at radius 1 is 0.448 bits per heavy atom. The van der Waals surface area contributed by atoms with E-state index >= 15 is 0 Å². The van der Waals surface area contributed by atoms with Crippen LogP contribution in [0.25, 0.3) is 0 Å². The van der Waals surface area contributed by atoms with Crippen LogP contribution in [-0.2, 0) is 0 Å². The van der Waals surface area contributed by atoms with Crippen LogP contribution < -0.4 is 5.32 Å². The van der Waals surface area contributed by atoms with Gasteiger partial charge in [0.2, 0.25) is 0 Å². The van der Waals surface area contributed by atoms with Gasteiger partial charge in [-0.05, 0) is 63.2 Å². The van der Waals surface area contributed by atoms with Crippen molar-refractivity contribution in [1.29, 1.82) is 0 Å². The van der Waals surface area contributed by atoms with E-state index in [1.54, 1.807) is 0 Å². The molecule has 0 radical (unpaired) electrons. The summed E-state index contributed by atoms with van der Waals surface area (Å²) in [6, 6.07) is 1.69. The van der Waals surface area contributed by atoms with E-state index in [1.807, 2.05) is 0 Å². The molecule has 1 heteroatoms. The Labute approximate surface area is 184 Å². The molecule has 0 heterocycles. The Morgan fingerprint density at radius 2 is 0.793 bits per heavy atom. The van der Waals surface area contributed by atoms with Crippen molar-refractivity contribution in [3.63, 3.8) is 0 Å². The Kier molecular flexibility index (Phi) is 14.5. The van der Waals surface area contributed by atoms with Gasteiger partial charge in [0, 0.05) is 12.1 Å². The molecular weight excluding hydrogens is 350 g/mol. The van der Waals surface area contributed by atoms with Crippen molar-refractivity contribution in [2.75, 3.05) is 0 Å². The lowest BCUT2D eigenvalue weighted by atomic mass is 9.80. The highest BCUT2D eigenvalue weighted by Gasteiger charge is 2.26. The predicted molar refractivity (Wildman–Crippen MR) is 131 cm³/mol. The third-order valence-electron chi connectivity index (χ3n) is 8.10. The van der Waals surface area contributed by atoms with Crippen LogP contribution in [0, 0.1) is 11.8 Å². The van der Waals surface area contributed by atoms with E-state index in [1.165, 1.54) is 141 Å². The molecule has 2 rings (SSSR count). The normalized spacial score (nSPS) is 27.9. The smallest absolute Gasteiger partial charge is 0.00698 e. The van der Waals surface area contributed by atoms with Crippen molar-refractivity contribution >= 4 is 0 Å². The van der Waals surface area contributed by atoms with E-state index in [4.69, 9.17) is 0 Å². The largest absolute Gasteiger partial charge is 0.311 e. The van der Waals surface area contributed by atoms with E-state index in [2.05, 4.69) is 19.2 Å². The third-order valence-corrected chi connectivity index (χ3v) is 8.10. The highest BCUT2D eigenvalue weighted by molar-refractivity contribution is 4.84. The molecule has 1 nitrogen and oxygen atoms in total. The first-order valence-electron chi connectivity index (χ1n) is 14.1. The number of hydrogen-bond acceptors (Lipinski definition) is 1. The number of unbranched alkanes of at least 4 members (excludes halogenated alkanes) is 10. The van der Waals surface area contributed by atoms with Crippen LogP contribution >= 0.6 is 0 Å². The van der Waals surface area contributed by atoms with Gasteiger partial charge >= 0.3 is 0 Å². The maximum absolute atomic E-state index is 4.08. The molecule has 0 unspecified atom stereocenters. The molecule has 2 saturated carbocycles. The molecule has 0 aliphatic heterocycles. The Morgan fingerprint density at radius 3 is 1.17 bits per heavy atom. The van der Waals surface area contributed by atoms with Gasteiger partial charge in [0.25, 0.3) is 0 Å². The predicted octanol–water partition coefficient (Wildman–Crippen LogP) is 9.19. The average Bonchev–Trinajstić information content (AvgIpc) is 2.75. The molecule has 0 bridgehead atoms. The summed E-state index contributed by atoms with van der Waals surface area (Å²) in [7, 11) is 0. The molecule has 0 spiro atoms. The number of nitrogens with one attached hydrogen (secondary N) is 1. The summed E-state index contributed by atoms with van der Waals surface area (Å²) in [4.78, 5) is 0. The van der Waals surface area contributed by atoms with Gasteiger partial charge in [-0.2, -0.15) is 0 Å². The van der Waals surface area contributed by atoms with Crippen LogP contribution in [0.5, 0.6) is 0 Å². The molecule has 0 aromatic heterocycles. The molecule has 29 heavy (non-hydrogen) atoms. The lowest BCUT2D eigenvalue weighted by Gasteiger charge is -2.35. The van der Waals surface area contributed by atoms with Crippen LogP contribution in [0.15, 0.2) is 0 Å². The van der Waals surface area contributed by atoms with Gasteiger partial charge in [0.15, 0.2) is 0 Å². The Hall–Kier alpha value is -0.0400. The van der Waals surface area contributed by atoms with Crippen molar-refractivity contribution in [3.05, 3.63) is 0 Å². The number of rotatable bonds is 16. The zero-order valence-corrected chi connectivity index (χ0v) is 20.4. The fourth-order valence-electron chi connectivity index (χ4n) is 6.00. The van der Waals surface area contributed by atoms with E-state index in [0.29, 0.717) is 0 Å². The third kappa shape index (κ3) is 11.8. The van der Waals surface area contributed by atoms with Gasteiger partial charge in [-0.15, -0.1) is 0 Å². The monoisotopic (exact) mass is 405 g/mol. The van der Waals surface area contributed by atoms with Crippen molar-refractivity contribution < 1.29 is 0 Å². The molecule has 2 aliphatic carbocycles. The van der Waals surface area contributed by atoms with Crippen molar-refractivity contribution in [1.82, 2.24) is 5.32 Å².